The highest BCUT2D eigenvalue weighted by atomic mass is 32.2. The molecule has 1 aromatic heterocycles. The second-order valence-corrected chi connectivity index (χ2v) is 9.54. The highest BCUT2D eigenvalue weighted by Gasteiger charge is 2.30. The van der Waals surface area contributed by atoms with E-state index in [9.17, 15) is 13.2 Å². The molecule has 0 atom stereocenters. The number of hydrogen-bond acceptors (Lipinski definition) is 6. The van der Waals surface area contributed by atoms with Gasteiger partial charge in [-0.15, -0.1) is 5.10 Å². The maximum atomic E-state index is 12.6. The second-order valence-electron chi connectivity index (χ2n) is 6.66. The third-order valence-corrected chi connectivity index (χ3v) is 7.49. The van der Waals surface area contributed by atoms with E-state index in [-0.39, 0.29) is 16.6 Å². The second kappa shape index (κ2) is 7.61. The average molecular weight is 408 g/mol. The third kappa shape index (κ3) is 4.17. The Morgan fingerprint density at radius 3 is 2.52 bits per heavy atom. The molecule has 10 heteroatoms. The normalized spacial score (nSPS) is 18.6. The van der Waals surface area contributed by atoms with Gasteiger partial charge in [0.15, 0.2) is 0 Å². The van der Waals surface area contributed by atoms with Crippen LogP contribution in [0.3, 0.4) is 0 Å². The fourth-order valence-electron chi connectivity index (χ4n) is 3.00. The van der Waals surface area contributed by atoms with Gasteiger partial charge in [-0.1, -0.05) is 30.0 Å². The van der Waals surface area contributed by atoms with Gasteiger partial charge in [-0.2, -0.15) is 4.31 Å². The number of aromatic amines is 1. The number of piperazine rings is 1. The van der Waals surface area contributed by atoms with Crippen molar-refractivity contribution in [3.63, 3.8) is 0 Å². The maximum absolute atomic E-state index is 12.6. The van der Waals surface area contributed by atoms with Crippen LogP contribution in [-0.4, -0.2) is 70.6 Å². The summed E-state index contributed by atoms with van der Waals surface area (Å²) in [6.07, 6.45) is 2.29. The first kappa shape index (κ1) is 18.5. The summed E-state index contributed by atoms with van der Waals surface area (Å²) in [7, 11) is -3.50. The number of sulfonamides is 1. The van der Waals surface area contributed by atoms with Crippen molar-refractivity contribution in [3.8, 4) is 0 Å². The van der Waals surface area contributed by atoms with Crippen LogP contribution >= 0.6 is 11.8 Å². The van der Waals surface area contributed by atoms with Crippen molar-refractivity contribution in [2.24, 2.45) is 0 Å². The van der Waals surface area contributed by atoms with E-state index in [4.69, 9.17) is 0 Å². The summed E-state index contributed by atoms with van der Waals surface area (Å²) in [6.45, 7) is 1.40. The van der Waals surface area contributed by atoms with Gasteiger partial charge in [0.1, 0.15) is 5.82 Å². The molecule has 1 saturated heterocycles. The molecule has 0 spiro atoms. The van der Waals surface area contributed by atoms with Crippen LogP contribution in [0.25, 0.3) is 0 Å². The van der Waals surface area contributed by atoms with Crippen LogP contribution in [0.15, 0.2) is 40.4 Å². The Kier molecular flexibility index (Phi) is 5.20. The monoisotopic (exact) mass is 407 g/mol. The van der Waals surface area contributed by atoms with Crippen LogP contribution in [-0.2, 0) is 14.8 Å². The Morgan fingerprint density at radius 2 is 1.85 bits per heavy atom. The Bertz CT molecular complexity index is 904. The molecule has 0 radical (unpaired) electrons. The quantitative estimate of drug-likeness (QED) is 0.725. The van der Waals surface area contributed by atoms with Crippen molar-refractivity contribution >= 4 is 27.7 Å². The molecule has 1 amide bonds. The molecule has 27 heavy (non-hydrogen) atoms. The summed E-state index contributed by atoms with van der Waals surface area (Å²) >= 11 is 1.31. The van der Waals surface area contributed by atoms with Crippen molar-refractivity contribution < 1.29 is 13.2 Å². The highest BCUT2D eigenvalue weighted by Crippen LogP contribution is 2.38. The first-order valence-electron chi connectivity index (χ1n) is 8.92. The Morgan fingerprint density at radius 1 is 1.15 bits per heavy atom. The SMILES string of the molecule is O=C(CSc1n[nH]c(C2CC2)n1)N1CCN(S(=O)(=O)c2ccccc2)CC1. The van der Waals surface area contributed by atoms with Crippen LogP contribution in [0.1, 0.15) is 24.6 Å². The van der Waals surface area contributed by atoms with Crippen LogP contribution in [0.2, 0.25) is 0 Å². The standard InChI is InChI=1S/C17H21N5O3S2/c23-15(12-26-17-18-16(19-20-17)13-6-7-13)21-8-10-22(11-9-21)27(24,25)14-4-2-1-3-5-14/h1-5,13H,6-12H2,(H,18,19,20). The lowest BCUT2D eigenvalue weighted by molar-refractivity contribution is -0.129. The number of thioether (sulfide) groups is 1. The number of benzene rings is 1. The van der Waals surface area contributed by atoms with Gasteiger partial charge in [0, 0.05) is 32.1 Å². The minimum absolute atomic E-state index is 0.0190. The van der Waals surface area contributed by atoms with Gasteiger partial charge in [0.25, 0.3) is 0 Å². The topological polar surface area (TPSA) is 99.3 Å². The number of carbonyl (C=O) groups is 1. The average Bonchev–Trinajstić information content (AvgIpc) is 3.45. The Balaban J connectivity index is 1.28. The number of rotatable bonds is 6. The molecular formula is C17H21N5O3S2. The Labute approximate surface area is 162 Å². The predicted molar refractivity (Wildman–Crippen MR) is 101 cm³/mol. The molecule has 0 bridgehead atoms. The van der Waals surface area contributed by atoms with E-state index in [0.29, 0.717) is 37.3 Å². The first-order chi connectivity index (χ1) is 13.0. The summed E-state index contributed by atoms with van der Waals surface area (Å²) in [4.78, 5) is 18.8. The minimum Gasteiger partial charge on any atom is -0.339 e. The molecule has 0 unspecified atom stereocenters. The molecule has 2 heterocycles. The summed E-state index contributed by atoms with van der Waals surface area (Å²) in [6, 6.07) is 8.39. The van der Waals surface area contributed by atoms with Gasteiger partial charge in [-0.05, 0) is 25.0 Å². The van der Waals surface area contributed by atoms with E-state index in [1.165, 1.54) is 16.1 Å². The van der Waals surface area contributed by atoms with Crippen molar-refractivity contribution in [1.29, 1.82) is 0 Å². The van der Waals surface area contributed by atoms with E-state index in [2.05, 4.69) is 15.2 Å². The van der Waals surface area contributed by atoms with Crippen LogP contribution in [0.5, 0.6) is 0 Å². The molecule has 8 nitrogen and oxygen atoms in total. The van der Waals surface area contributed by atoms with Crippen molar-refractivity contribution in [3.05, 3.63) is 36.2 Å². The molecule has 4 rings (SSSR count). The summed E-state index contributed by atoms with van der Waals surface area (Å²) in [5.74, 6) is 1.65. The van der Waals surface area contributed by atoms with Gasteiger partial charge in [-0.3, -0.25) is 9.89 Å². The summed E-state index contributed by atoms with van der Waals surface area (Å²) in [5.41, 5.74) is 0. The predicted octanol–water partition coefficient (Wildman–Crippen LogP) is 1.31. The highest BCUT2D eigenvalue weighted by molar-refractivity contribution is 7.99. The number of nitrogens with one attached hydrogen (secondary N) is 1. The van der Waals surface area contributed by atoms with E-state index in [0.717, 1.165) is 18.7 Å². The largest absolute Gasteiger partial charge is 0.339 e. The van der Waals surface area contributed by atoms with Crippen molar-refractivity contribution in [1.82, 2.24) is 24.4 Å². The van der Waals surface area contributed by atoms with Crippen LogP contribution in [0.4, 0.5) is 0 Å². The van der Waals surface area contributed by atoms with Gasteiger partial charge >= 0.3 is 0 Å². The summed E-state index contributed by atoms with van der Waals surface area (Å²) < 4.78 is 26.7. The number of amides is 1. The molecule has 1 aliphatic carbocycles. The van der Waals surface area contributed by atoms with E-state index in [1.54, 1.807) is 35.2 Å². The zero-order valence-electron chi connectivity index (χ0n) is 14.7. The zero-order chi connectivity index (χ0) is 18.9. The van der Waals surface area contributed by atoms with Crippen LogP contribution in [0, 0.1) is 0 Å². The van der Waals surface area contributed by atoms with Crippen molar-refractivity contribution in [2.45, 2.75) is 28.8 Å². The number of H-pyrrole nitrogens is 1. The van der Waals surface area contributed by atoms with Gasteiger partial charge in [0.05, 0.1) is 10.6 Å². The molecule has 2 aromatic rings. The first-order valence-corrected chi connectivity index (χ1v) is 11.3. The number of hydrogen-bond donors (Lipinski definition) is 1. The summed E-state index contributed by atoms with van der Waals surface area (Å²) in [5, 5.41) is 7.66. The lowest BCUT2D eigenvalue weighted by Gasteiger charge is -2.33. The molecular weight excluding hydrogens is 386 g/mol. The van der Waals surface area contributed by atoms with E-state index >= 15 is 0 Å². The molecule has 1 N–H and O–H groups in total. The minimum atomic E-state index is -3.50. The Hall–Kier alpha value is -1.91. The molecule has 1 aromatic carbocycles. The molecule has 2 aliphatic rings. The fraction of sp³-hybridized carbons (Fsp3) is 0.471. The molecule has 2 fully saturated rings. The molecule has 1 saturated carbocycles. The van der Waals surface area contributed by atoms with Gasteiger partial charge < -0.3 is 4.90 Å². The number of nitrogens with zero attached hydrogens (tertiary/aromatic N) is 4. The zero-order valence-corrected chi connectivity index (χ0v) is 16.4. The fourth-order valence-corrected chi connectivity index (χ4v) is 5.15. The van der Waals surface area contributed by atoms with Crippen molar-refractivity contribution in [2.75, 3.05) is 31.9 Å². The number of carbonyl (C=O) groups excluding carboxylic acids is 1. The van der Waals surface area contributed by atoms with E-state index < -0.39 is 10.0 Å². The number of aromatic nitrogens is 3. The lowest BCUT2D eigenvalue weighted by atomic mass is 10.3. The molecule has 1 aliphatic heterocycles. The third-order valence-electron chi connectivity index (χ3n) is 4.74. The molecule has 144 valence electrons. The van der Waals surface area contributed by atoms with E-state index in [1.807, 2.05) is 0 Å². The lowest BCUT2D eigenvalue weighted by Crippen LogP contribution is -2.50. The van der Waals surface area contributed by atoms with Gasteiger partial charge in [-0.25, -0.2) is 13.4 Å². The van der Waals surface area contributed by atoms with Gasteiger partial charge in [0.2, 0.25) is 21.1 Å². The smallest absolute Gasteiger partial charge is 0.243 e. The van der Waals surface area contributed by atoms with Crippen LogP contribution < -0.4 is 0 Å². The maximum Gasteiger partial charge on any atom is 0.243 e.